The van der Waals surface area contributed by atoms with E-state index in [1.165, 1.54) is 6.07 Å². The van der Waals surface area contributed by atoms with Crippen LogP contribution in [0.1, 0.15) is 39.0 Å². The van der Waals surface area contributed by atoms with Gasteiger partial charge in [0.05, 0.1) is 16.8 Å². The highest BCUT2D eigenvalue weighted by molar-refractivity contribution is 6.12. The Hall–Kier alpha value is -4.00. The molecule has 34 heavy (non-hydrogen) atoms. The second-order valence-electron chi connectivity index (χ2n) is 8.29. The first-order valence-corrected chi connectivity index (χ1v) is 10.8. The van der Waals surface area contributed by atoms with Gasteiger partial charge in [0.15, 0.2) is 6.17 Å². The fourth-order valence-electron chi connectivity index (χ4n) is 4.37. The first-order chi connectivity index (χ1) is 16.2. The lowest BCUT2D eigenvalue weighted by Crippen LogP contribution is -2.43. The van der Waals surface area contributed by atoms with E-state index in [1.807, 2.05) is 44.2 Å². The number of hydrogen-bond donors (Lipinski definition) is 1. The van der Waals surface area contributed by atoms with Crippen LogP contribution >= 0.6 is 0 Å². The summed E-state index contributed by atoms with van der Waals surface area (Å²) in [4.78, 5) is 15.3. The molecule has 0 aliphatic carbocycles. The number of carbonyl (C=O) groups excluding carboxylic acids is 1. The Morgan fingerprint density at radius 1 is 0.882 bits per heavy atom. The average Bonchev–Trinajstić information content (AvgIpc) is 3.30. The Labute approximate surface area is 194 Å². The third-order valence-electron chi connectivity index (χ3n) is 5.98. The molecule has 1 N–H and O–H groups in total. The number of para-hydroxylation sites is 2. The van der Waals surface area contributed by atoms with Gasteiger partial charge in [-0.15, -0.1) is 0 Å². The summed E-state index contributed by atoms with van der Waals surface area (Å²) >= 11 is 0. The Bertz CT molecular complexity index is 1370. The number of aryl methyl sites for hydroxylation is 2. The Morgan fingerprint density at radius 3 is 2.32 bits per heavy atom. The molecule has 4 nitrogen and oxygen atoms in total. The molecule has 2 heterocycles. The molecule has 1 aromatic heterocycles. The maximum Gasteiger partial charge on any atom is 0.416 e. The van der Waals surface area contributed by atoms with Crippen molar-refractivity contribution < 1.29 is 22.4 Å². The Balaban J connectivity index is 1.61. The molecular formula is C27H21F3N2O2. The molecule has 5 rings (SSSR count). The van der Waals surface area contributed by atoms with Crippen LogP contribution in [-0.2, 0) is 6.18 Å². The lowest BCUT2D eigenvalue weighted by molar-refractivity contribution is -0.137. The highest BCUT2D eigenvalue weighted by Gasteiger charge is 2.37. The molecule has 0 unspecified atom stereocenters. The molecular weight excluding hydrogens is 441 g/mol. The van der Waals surface area contributed by atoms with Crippen LogP contribution < -0.4 is 10.2 Å². The number of carbonyl (C=O) groups is 1. The van der Waals surface area contributed by atoms with Gasteiger partial charge in [-0.2, -0.15) is 13.2 Å². The van der Waals surface area contributed by atoms with E-state index >= 15 is 0 Å². The van der Waals surface area contributed by atoms with Crippen LogP contribution in [0, 0.1) is 13.8 Å². The molecule has 4 aromatic rings. The van der Waals surface area contributed by atoms with E-state index in [1.54, 1.807) is 35.2 Å². The summed E-state index contributed by atoms with van der Waals surface area (Å²) in [6, 6.07) is 21.3. The summed E-state index contributed by atoms with van der Waals surface area (Å²) in [5.41, 5.74) is 3.36. The van der Waals surface area contributed by atoms with Crippen molar-refractivity contribution in [3.63, 3.8) is 0 Å². The number of halogens is 3. The van der Waals surface area contributed by atoms with Crippen molar-refractivity contribution in [2.45, 2.75) is 26.2 Å². The van der Waals surface area contributed by atoms with Crippen molar-refractivity contribution in [2.24, 2.45) is 0 Å². The number of nitrogens with zero attached hydrogens (tertiary/aromatic N) is 1. The van der Waals surface area contributed by atoms with Gasteiger partial charge in [-0.3, -0.25) is 9.69 Å². The van der Waals surface area contributed by atoms with E-state index in [2.05, 4.69) is 5.32 Å². The minimum absolute atomic E-state index is 0.186. The van der Waals surface area contributed by atoms with Gasteiger partial charge in [-0.1, -0.05) is 42.5 Å². The van der Waals surface area contributed by atoms with E-state index in [9.17, 15) is 18.0 Å². The number of furan rings is 1. The van der Waals surface area contributed by atoms with E-state index in [0.29, 0.717) is 22.6 Å². The Kier molecular flexibility index (Phi) is 5.20. The maximum absolute atomic E-state index is 13.7. The first-order valence-electron chi connectivity index (χ1n) is 10.8. The fourth-order valence-corrected chi connectivity index (χ4v) is 4.37. The number of rotatable bonds is 3. The van der Waals surface area contributed by atoms with Gasteiger partial charge in [0.1, 0.15) is 11.5 Å². The van der Waals surface area contributed by atoms with Crippen LogP contribution in [0.4, 0.5) is 24.5 Å². The SMILES string of the molecule is Cc1cccc(C)c1N1C(=O)c2ccccc2N[C@@H]1c1ccc(-c2cccc(C(F)(F)F)c2)o1. The fraction of sp³-hybridized carbons (Fsp3) is 0.148. The normalized spacial score (nSPS) is 15.7. The second kappa shape index (κ2) is 8.09. The largest absolute Gasteiger partial charge is 0.457 e. The molecule has 7 heteroatoms. The first kappa shape index (κ1) is 21.8. The monoisotopic (exact) mass is 462 g/mol. The van der Waals surface area contributed by atoms with Gasteiger partial charge in [-0.25, -0.2) is 0 Å². The van der Waals surface area contributed by atoms with Gasteiger partial charge in [0.25, 0.3) is 5.91 Å². The minimum atomic E-state index is -4.45. The maximum atomic E-state index is 13.7. The highest BCUT2D eigenvalue weighted by Crippen LogP contribution is 2.41. The van der Waals surface area contributed by atoms with E-state index in [4.69, 9.17) is 4.42 Å². The number of fused-ring (bicyclic) bond motifs is 1. The quantitative estimate of drug-likeness (QED) is 0.346. The minimum Gasteiger partial charge on any atom is -0.457 e. The summed E-state index contributed by atoms with van der Waals surface area (Å²) in [5.74, 6) is 0.516. The zero-order chi connectivity index (χ0) is 24.0. The molecule has 0 fully saturated rings. The lowest BCUT2D eigenvalue weighted by atomic mass is 10.0. The molecule has 172 valence electrons. The number of amides is 1. The molecule has 0 spiro atoms. The predicted octanol–water partition coefficient (Wildman–Crippen LogP) is 7.35. The number of alkyl halides is 3. The molecule has 1 aliphatic heterocycles. The molecule has 0 radical (unpaired) electrons. The molecule has 0 saturated heterocycles. The van der Waals surface area contributed by atoms with E-state index in [-0.39, 0.29) is 11.7 Å². The van der Waals surface area contributed by atoms with Crippen LogP contribution in [0.2, 0.25) is 0 Å². The van der Waals surface area contributed by atoms with Gasteiger partial charge < -0.3 is 9.73 Å². The number of nitrogens with one attached hydrogen (secondary N) is 1. The van der Waals surface area contributed by atoms with Gasteiger partial charge >= 0.3 is 6.18 Å². The van der Waals surface area contributed by atoms with Gasteiger partial charge in [0.2, 0.25) is 0 Å². The molecule has 1 atom stereocenters. The summed E-state index contributed by atoms with van der Waals surface area (Å²) in [7, 11) is 0. The van der Waals surface area contributed by atoms with Crippen molar-refractivity contribution in [3.05, 3.63) is 107 Å². The number of benzene rings is 3. The summed E-state index contributed by atoms with van der Waals surface area (Å²) in [6.07, 6.45) is -5.13. The summed E-state index contributed by atoms with van der Waals surface area (Å²) in [6.45, 7) is 3.87. The van der Waals surface area contributed by atoms with Crippen LogP contribution in [-0.4, -0.2) is 5.91 Å². The summed E-state index contributed by atoms with van der Waals surface area (Å²) in [5, 5.41) is 3.38. The van der Waals surface area contributed by atoms with Crippen molar-refractivity contribution in [1.29, 1.82) is 0 Å². The zero-order valence-electron chi connectivity index (χ0n) is 18.5. The van der Waals surface area contributed by atoms with Gasteiger partial charge in [0, 0.05) is 11.3 Å². The van der Waals surface area contributed by atoms with Crippen LogP contribution in [0.15, 0.2) is 83.3 Å². The topological polar surface area (TPSA) is 45.5 Å². The number of hydrogen-bond acceptors (Lipinski definition) is 3. The van der Waals surface area contributed by atoms with Crippen molar-refractivity contribution >= 4 is 17.3 Å². The zero-order valence-corrected chi connectivity index (χ0v) is 18.5. The van der Waals surface area contributed by atoms with Crippen LogP contribution in [0.5, 0.6) is 0 Å². The summed E-state index contributed by atoms with van der Waals surface area (Å²) < 4.78 is 45.6. The molecule has 0 saturated carbocycles. The molecule has 1 amide bonds. The highest BCUT2D eigenvalue weighted by atomic mass is 19.4. The standard InChI is InChI=1S/C27H21F3N2O2/c1-16-7-5-8-17(2)24(16)32-25(31-21-12-4-3-11-20(21)26(32)33)23-14-13-22(34-23)18-9-6-10-19(15-18)27(28,29)30/h3-15,25,31H,1-2H3/t25-/m0/s1. The molecule has 3 aromatic carbocycles. The second-order valence-corrected chi connectivity index (χ2v) is 8.29. The third kappa shape index (κ3) is 3.73. The number of anilines is 2. The van der Waals surface area contributed by atoms with Gasteiger partial charge in [-0.05, 0) is 61.4 Å². The van der Waals surface area contributed by atoms with Crippen molar-refractivity contribution in [1.82, 2.24) is 0 Å². The predicted molar refractivity (Wildman–Crippen MR) is 125 cm³/mol. The van der Waals surface area contributed by atoms with Crippen molar-refractivity contribution in [3.8, 4) is 11.3 Å². The van der Waals surface area contributed by atoms with Crippen LogP contribution in [0.3, 0.4) is 0 Å². The van der Waals surface area contributed by atoms with Crippen LogP contribution in [0.25, 0.3) is 11.3 Å². The third-order valence-corrected chi connectivity index (χ3v) is 5.98. The molecule has 1 aliphatic rings. The average molecular weight is 462 g/mol. The van der Waals surface area contributed by atoms with Crippen molar-refractivity contribution in [2.75, 3.05) is 10.2 Å². The van der Waals surface area contributed by atoms with E-state index in [0.717, 1.165) is 28.9 Å². The lowest BCUT2D eigenvalue weighted by Gasteiger charge is -2.38. The van der Waals surface area contributed by atoms with E-state index < -0.39 is 17.9 Å². The molecule has 0 bridgehead atoms. The Morgan fingerprint density at radius 2 is 1.59 bits per heavy atom. The smallest absolute Gasteiger partial charge is 0.416 e.